The highest BCUT2D eigenvalue weighted by molar-refractivity contribution is 5.81. The topological polar surface area (TPSA) is 105 Å². The minimum Gasteiger partial charge on any atom is -0.481 e. The van der Waals surface area contributed by atoms with E-state index in [2.05, 4.69) is 41.8 Å². The highest BCUT2D eigenvalue weighted by atomic mass is 16.5. The van der Waals surface area contributed by atoms with E-state index in [0.29, 0.717) is 19.3 Å². The van der Waals surface area contributed by atoms with Gasteiger partial charge in [0.15, 0.2) is 0 Å². The molecule has 7 nitrogen and oxygen atoms in total. The van der Waals surface area contributed by atoms with Crippen molar-refractivity contribution in [2.24, 2.45) is 0 Å². The van der Waals surface area contributed by atoms with Crippen molar-refractivity contribution >= 4 is 18.0 Å². The molecule has 2 aliphatic carbocycles. The second-order valence-electron chi connectivity index (χ2n) is 9.41. The van der Waals surface area contributed by atoms with Crippen LogP contribution < -0.4 is 10.6 Å². The summed E-state index contributed by atoms with van der Waals surface area (Å²) in [7, 11) is 0. The smallest absolute Gasteiger partial charge is 0.407 e. The number of hydrogen-bond donors (Lipinski definition) is 3. The second kappa shape index (κ2) is 10.3. The molecule has 0 unspecified atom stereocenters. The molecule has 1 saturated carbocycles. The van der Waals surface area contributed by atoms with Crippen molar-refractivity contribution in [1.82, 2.24) is 10.6 Å². The van der Waals surface area contributed by atoms with Crippen LogP contribution in [0.1, 0.15) is 68.9 Å². The molecule has 2 aliphatic rings. The number of ether oxygens (including phenoxy) is 1. The maximum absolute atomic E-state index is 12.7. The number of carbonyl (C=O) groups excluding carboxylic acids is 2. The summed E-state index contributed by atoms with van der Waals surface area (Å²) in [5, 5.41) is 14.8. The third-order valence-corrected chi connectivity index (χ3v) is 6.75. The fourth-order valence-corrected chi connectivity index (χ4v) is 4.84. The molecule has 2 aromatic carbocycles. The van der Waals surface area contributed by atoms with E-state index < -0.39 is 17.6 Å². The summed E-state index contributed by atoms with van der Waals surface area (Å²) in [6, 6.07) is 16.0. The van der Waals surface area contributed by atoms with Gasteiger partial charge in [-0.1, -0.05) is 68.3 Å². The van der Waals surface area contributed by atoms with Gasteiger partial charge in [0.25, 0.3) is 0 Å². The predicted molar refractivity (Wildman–Crippen MR) is 128 cm³/mol. The van der Waals surface area contributed by atoms with Gasteiger partial charge >= 0.3 is 12.1 Å². The summed E-state index contributed by atoms with van der Waals surface area (Å²) in [5.41, 5.74) is 4.00. The average molecular weight is 465 g/mol. The van der Waals surface area contributed by atoms with Crippen LogP contribution in [0, 0.1) is 0 Å². The van der Waals surface area contributed by atoms with Crippen LogP contribution in [-0.2, 0) is 14.3 Å². The van der Waals surface area contributed by atoms with E-state index in [4.69, 9.17) is 9.84 Å². The number of fused-ring (bicyclic) bond motifs is 3. The van der Waals surface area contributed by atoms with E-state index in [1.54, 1.807) is 0 Å². The normalized spacial score (nSPS) is 16.1. The molecular formula is C27H32N2O5. The quantitative estimate of drug-likeness (QED) is 0.451. The van der Waals surface area contributed by atoms with Crippen molar-refractivity contribution in [1.29, 1.82) is 0 Å². The number of unbranched alkanes of at least 4 members (excludes halogenated alkanes) is 1. The summed E-state index contributed by atoms with van der Waals surface area (Å²) in [4.78, 5) is 36.3. The van der Waals surface area contributed by atoms with Crippen LogP contribution in [-0.4, -0.2) is 41.3 Å². The average Bonchev–Trinajstić information content (AvgIpc) is 3.47. The molecule has 2 amide bonds. The van der Waals surface area contributed by atoms with Gasteiger partial charge in [-0.2, -0.15) is 0 Å². The maximum Gasteiger partial charge on any atom is 0.407 e. The molecule has 0 radical (unpaired) electrons. The standard InChI is InChI=1S/C27H32N2O5/c1-2-3-8-18(15-24(30)29-27(13-14-27)16-25(31)32)28-26(33)34-17-23-21-11-6-4-9-19(21)20-10-5-7-12-22(20)23/h4-7,9-12,18,23H,2-3,8,13-17H2,1H3,(H,28,33)(H,29,30)(H,31,32)/t18-/m0/s1. The fourth-order valence-electron chi connectivity index (χ4n) is 4.84. The first kappa shape index (κ1) is 23.8. The van der Waals surface area contributed by atoms with Crippen LogP contribution in [0.4, 0.5) is 4.79 Å². The zero-order valence-corrected chi connectivity index (χ0v) is 19.5. The van der Waals surface area contributed by atoms with Crippen molar-refractivity contribution in [3.63, 3.8) is 0 Å². The Morgan fingerprint density at radius 3 is 2.24 bits per heavy atom. The van der Waals surface area contributed by atoms with E-state index in [-0.39, 0.29) is 37.3 Å². The zero-order valence-electron chi connectivity index (χ0n) is 19.5. The van der Waals surface area contributed by atoms with Crippen LogP contribution >= 0.6 is 0 Å². The lowest BCUT2D eigenvalue weighted by Gasteiger charge is -2.21. The molecular weight excluding hydrogens is 432 g/mol. The van der Waals surface area contributed by atoms with Crippen LogP contribution in [0.15, 0.2) is 48.5 Å². The van der Waals surface area contributed by atoms with Crippen molar-refractivity contribution in [2.75, 3.05) is 6.61 Å². The largest absolute Gasteiger partial charge is 0.481 e. The lowest BCUT2D eigenvalue weighted by Crippen LogP contribution is -2.44. The number of carboxylic acids is 1. The summed E-state index contributed by atoms with van der Waals surface area (Å²) >= 11 is 0. The lowest BCUT2D eigenvalue weighted by atomic mass is 9.98. The zero-order chi connectivity index (χ0) is 24.1. The van der Waals surface area contributed by atoms with Gasteiger partial charge < -0.3 is 20.5 Å². The Morgan fingerprint density at radius 2 is 1.68 bits per heavy atom. The van der Waals surface area contributed by atoms with Crippen LogP contribution in [0.5, 0.6) is 0 Å². The van der Waals surface area contributed by atoms with Crippen LogP contribution in [0.3, 0.4) is 0 Å². The van der Waals surface area contributed by atoms with Gasteiger partial charge in [-0.15, -0.1) is 0 Å². The van der Waals surface area contributed by atoms with Crippen LogP contribution in [0.25, 0.3) is 11.1 Å². The van der Waals surface area contributed by atoms with Gasteiger partial charge in [0.05, 0.1) is 12.0 Å². The first-order chi connectivity index (χ1) is 16.4. The highest BCUT2D eigenvalue weighted by Crippen LogP contribution is 2.44. The minimum atomic E-state index is -0.919. The maximum atomic E-state index is 12.7. The molecule has 4 rings (SSSR count). The monoisotopic (exact) mass is 464 g/mol. The molecule has 7 heteroatoms. The van der Waals surface area contributed by atoms with E-state index in [1.807, 2.05) is 24.3 Å². The SMILES string of the molecule is CCCC[C@@H](CC(=O)NC1(CC(=O)O)CC1)NC(=O)OCC1c2ccccc2-c2ccccc21. The van der Waals surface area contributed by atoms with Crippen LogP contribution in [0.2, 0.25) is 0 Å². The molecule has 0 heterocycles. The van der Waals surface area contributed by atoms with Gasteiger partial charge in [0.1, 0.15) is 6.61 Å². The van der Waals surface area contributed by atoms with Gasteiger partial charge in [0, 0.05) is 18.4 Å². The van der Waals surface area contributed by atoms with Gasteiger partial charge in [-0.25, -0.2) is 4.79 Å². The van der Waals surface area contributed by atoms with E-state index >= 15 is 0 Å². The number of alkyl carbamates (subject to hydrolysis) is 1. The minimum absolute atomic E-state index is 0.0266. The summed E-state index contributed by atoms with van der Waals surface area (Å²) in [6.07, 6.45) is 3.29. The Kier molecular flexibility index (Phi) is 7.20. The predicted octanol–water partition coefficient (Wildman–Crippen LogP) is 4.60. The Balaban J connectivity index is 1.34. The van der Waals surface area contributed by atoms with Crippen molar-refractivity contribution < 1.29 is 24.2 Å². The van der Waals surface area contributed by atoms with E-state index in [1.165, 1.54) is 11.1 Å². The number of rotatable bonds is 11. The molecule has 1 atom stereocenters. The fraction of sp³-hybridized carbons (Fsp3) is 0.444. The van der Waals surface area contributed by atoms with Crippen molar-refractivity contribution in [3.05, 3.63) is 59.7 Å². The van der Waals surface area contributed by atoms with E-state index in [0.717, 1.165) is 24.0 Å². The van der Waals surface area contributed by atoms with Crippen molar-refractivity contribution in [3.8, 4) is 11.1 Å². The number of aliphatic carboxylic acids is 1. The van der Waals surface area contributed by atoms with E-state index in [9.17, 15) is 14.4 Å². The third kappa shape index (κ3) is 5.58. The number of benzene rings is 2. The number of nitrogens with one attached hydrogen (secondary N) is 2. The van der Waals surface area contributed by atoms with Crippen molar-refractivity contribution in [2.45, 2.75) is 69.4 Å². The first-order valence-corrected chi connectivity index (χ1v) is 12.0. The summed E-state index contributed by atoms with van der Waals surface area (Å²) in [6.45, 7) is 2.27. The van der Waals surface area contributed by atoms with Gasteiger partial charge in [0.2, 0.25) is 5.91 Å². The second-order valence-corrected chi connectivity index (χ2v) is 9.41. The lowest BCUT2D eigenvalue weighted by molar-refractivity contribution is -0.138. The summed E-state index contributed by atoms with van der Waals surface area (Å²) in [5.74, 6) is -1.18. The Bertz CT molecular complexity index is 1020. The molecule has 180 valence electrons. The third-order valence-electron chi connectivity index (χ3n) is 6.75. The Labute approximate surface area is 199 Å². The van der Waals surface area contributed by atoms with Gasteiger partial charge in [-0.3, -0.25) is 9.59 Å². The first-order valence-electron chi connectivity index (χ1n) is 12.0. The number of amides is 2. The number of carbonyl (C=O) groups is 3. The highest BCUT2D eigenvalue weighted by Gasteiger charge is 2.45. The molecule has 0 saturated heterocycles. The number of hydrogen-bond acceptors (Lipinski definition) is 4. The molecule has 3 N–H and O–H groups in total. The Hall–Kier alpha value is -3.35. The molecule has 2 aromatic rings. The molecule has 0 spiro atoms. The molecule has 0 aromatic heterocycles. The number of carboxylic acid groups (broad SMARTS) is 1. The molecule has 1 fully saturated rings. The molecule has 0 aliphatic heterocycles. The summed E-state index contributed by atoms with van der Waals surface area (Å²) < 4.78 is 5.64. The van der Waals surface area contributed by atoms with Gasteiger partial charge in [-0.05, 0) is 41.5 Å². The Morgan fingerprint density at radius 1 is 1.06 bits per heavy atom. The molecule has 34 heavy (non-hydrogen) atoms. The molecule has 0 bridgehead atoms.